The number of carboxylic acid groups (broad SMARTS) is 1. The van der Waals surface area contributed by atoms with Gasteiger partial charge >= 0.3 is 5.97 Å². The summed E-state index contributed by atoms with van der Waals surface area (Å²) in [4.78, 5) is 10.3. The predicted molar refractivity (Wildman–Crippen MR) is 68.8 cm³/mol. The molecular weight excluding hydrogens is 242 g/mol. The molecule has 0 radical (unpaired) electrons. The molecule has 0 heterocycles. The van der Waals surface area contributed by atoms with E-state index in [2.05, 4.69) is 0 Å². The third-order valence-corrected chi connectivity index (χ3v) is 2.28. The van der Waals surface area contributed by atoms with Gasteiger partial charge in [0.25, 0.3) is 0 Å². The molecule has 0 saturated heterocycles. The summed E-state index contributed by atoms with van der Waals surface area (Å²) in [7, 11) is 0. The first kappa shape index (κ1) is 15.7. The molecule has 1 rings (SSSR count). The molecule has 4 nitrogen and oxygen atoms in total. The molecule has 96 valence electrons. The minimum atomic E-state index is -0.976. The Morgan fingerprint density at radius 2 is 2.24 bits per heavy atom. The van der Waals surface area contributed by atoms with Crippen molar-refractivity contribution in [2.24, 2.45) is 5.73 Å². The van der Waals surface area contributed by atoms with E-state index in [0.29, 0.717) is 5.75 Å². The number of benzene rings is 1. The molecule has 0 spiro atoms. The van der Waals surface area contributed by atoms with Crippen molar-refractivity contribution in [3.63, 3.8) is 0 Å². The molecule has 1 aromatic carbocycles. The van der Waals surface area contributed by atoms with E-state index in [1.54, 1.807) is 6.07 Å². The Morgan fingerprint density at radius 1 is 1.53 bits per heavy atom. The highest BCUT2D eigenvalue weighted by Crippen LogP contribution is 2.14. The van der Waals surface area contributed by atoms with Crippen LogP contribution in [-0.4, -0.2) is 23.7 Å². The fourth-order valence-corrected chi connectivity index (χ4v) is 1.35. The molecule has 0 bridgehead atoms. The molecule has 1 atom stereocenters. The average molecular weight is 260 g/mol. The van der Waals surface area contributed by atoms with Gasteiger partial charge in [0.2, 0.25) is 0 Å². The van der Waals surface area contributed by atoms with Crippen LogP contribution in [0.3, 0.4) is 0 Å². The number of carbonyl (C=O) groups is 1. The predicted octanol–water partition coefficient (Wildman–Crippen LogP) is 1.85. The first-order chi connectivity index (χ1) is 7.61. The summed E-state index contributed by atoms with van der Waals surface area (Å²) in [5.41, 5.74) is 6.91. The van der Waals surface area contributed by atoms with E-state index in [9.17, 15) is 4.79 Å². The SMILES string of the molecule is CCC(N)Cc1cccc(OCC(=O)O)c1.Cl. The molecule has 0 aliphatic rings. The highest BCUT2D eigenvalue weighted by Gasteiger charge is 2.04. The lowest BCUT2D eigenvalue weighted by molar-refractivity contribution is -0.139. The van der Waals surface area contributed by atoms with Crippen molar-refractivity contribution in [3.8, 4) is 5.75 Å². The maximum absolute atomic E-state index is 10.3. The highest BCUT2D eigenvalue weighted by atomic mass is 35.5. The van der Waals surface area contributed by atoms with Crippen molar-refractivity contribution in [2.75, 3.05) is 6.61 Å². The lowest BCUT2D eigenvalue weighted by Crippen LogP contribution is -2.21. The van der Waals surface area contributed by atoms with Crippen molar-refractivity contribution >= 4 is 18.4 Å². The summed E-state index contributed by atoms with van der Waals surface area (Å²) in [5, 5.41) is 8.48. The molecule has 3 N–H and O–H groups in total. The van der Waals surface area contributed by atoms with E-state index >= 15 is 0 Å². The fraction of sp³-hybridized carbons (Fsp3) is 0.417. The van der Waals surface area contributed by atoms with Gasteiger partial charge in [-0.2, -0.15) is 0 Å². The minimum absolute atomic E-state index is 0. The van der Waals surface area contributed by atoms with Gasteiger partial charge in [-0.05, 0) is 30.5 Å². The lowest BCUT2D eigenvalue weighted by Gasteiger charge is -2.10. The number of aliphatic carboxylic acids is 1. The maximum atomic E-state index is 10.3. The molecule has 0 amide bonds. The van der Waals surface area contributed by atoms with E-state index in [-0.39, 0.29) is 25.1 Å². The van der Waals surface area contributed by atoms with Crippen LogP contribution in [0.1, 0.15) is 18.9 Å². The summed E-state index contributed by atoms with van der Waals surface area (Å²) in [6, 6.07) is 7.51. The van der Waals surface area contributed by atoms with Crippen LogP contribution in [0.2, 0.25) is 0 Å². The first-order valence-electron chi connectivity index (χ1n) is 5.31. The summed E-state index contributed by atoms with van der Waals surface area (Å²) >= 11 is 0. The van der Waals surface area contributed by atoms with Crippen LogP contribution in [0.15, 0.2) is 24.3 Å². The molecule has 1 aromatic rings. The Bertz CT molecular complexity index is 357. The second kappa shape index (κ2) is 7.92. The maximum Gasteiger partial charge on any atom is 0.341 e. The Hall–Kier alpha value is -1.26. The standard InChI is InChI=1S/C12H17NO3.ClH/c1-2-10(13)6-9-4-3-5-11(7-9)16-8-12(14)15;/h3-5,7,10H,2,6,8,13H2,1H3,(H,14,15);1H. The molecule has 0 aliphatic carbocycles. The number of hydrogen-bond acceptors (Lipinski definition) is 3. The van der Waals surface area contributed by atoms with Gasteiger partial charge < -0.3 is 15.6 Å². The van der Waals surface area contributed by atoms with Gasteiger partial charge in [0, 0.05) is 6.04 Å². The van der Waals surface area contributed by atoms with Crippen LogP contribution in [0.25, 0.3) is 0 Å². The molecule has 17 heavy (non-hydrogen) atoms. The van der Waals surface area contributed by atoms with Crippen molar-refractivity contribution < 1.29 is 14.6 Å². The van der Waals surface area contributed by atoms with Gasteiger partial charge in [-0.15, -0.1) is 12.4 Å². The third-order valence-electron chi connectivity index (χ3n) is 2.28. The zero-order valence-corrected chi connectivity index (χ0v) is 10.6. The van der Waals surface area contributed by atoms with E-state index in [4.69, 9.17) is 15.6 Å². The molecular formula is C12H18ClNO3. The normalized spacial score (nSPS) is 11.4. The minimum Gasteiger partial charge on any atom is -0.482 e. The molecule has 1 unspecified atom stereocenters. The van der Waals surface area contributed by atoms with Gasteiger partial charge in [-0.1, -0.05) is 19.1 Å². The number of nitrogens with two attached hydrogens (primary N) is 1. The first-order valence-corrected chi connectivity index (χ1v) is 5.31. The number of ether oxygens (including phenoxy) is 1. The third kappa shape index (κ3) is 6.14. The quantitative estimate of drug-likeness (QED) is 0.818. The topological polar surface area (TPSA) is 72.5 Å². The van der Waals surface area contributed by atoms with Gasteiger partial charge in [-0.3, -0.25) is 0 Å². The summed E-state index contributed by atoms with van der Waals surface area (Å²) < 4.78 is 5.08. The number of hydrogen-bond donors (Lipinski definition) is 2. The van der Waals surface area contributed by atoms with Crippen LogP contribution in [0.4, 0.5) is 0 Å². The van der Waals surface area contributed by atoms with Crippen LogP contribution >= 0.6 is 12.4 Å². The Kier molecular flexibility index (Phi) is 7.34. The average Bonchev–Trinajstić information content (AvgIpc) is 2.26. The number of carboxylic acids is 1. The van der Waals surface area contributed by atoms with Crippen molar-refractivity contribution in [2.45, 2.75) is 25.8 Å². The molecule has 0 aliphatic heterocycles. The molecule has 5 heteroatoms. The highest BCUT2D eigenvalue weighted by molar-refractivity contribution is 5.85. The van der Waals surface area contributed by atoms with Crippen LogP contribution in [-0.2, 0) is 11.2 Å². The van der Waals surface area contributed by atoms with Gasteiger partial charge in [0.15, 0.2) is 6.61 Å². The Morgan fingerprint density at radius 3 is 2.82 bits per heavy atom. The van der Waals surface area contributed by atoms with Crippen LogP contribution in [0.5, 0.6) is 5.75 Å². The zero-order valence-electron chi connectivity index (χ0n) is 9.76. The second-order valence-electron chi connectivity index (χ2n) is 3.70. The Balaban J connectivity index is 0.00000256. The van der Waals surface area contributed by atoms with Crippen molar-refractivity contribution in [1.82, 2.24) is 0 Å². The zero-order chi connectivity index (χ0) is 12.0. The van der Waals surface area contributed by atoms with Crippen molar-refractivity contribution in [3.05, 3.63) is 29.8 Å². The fourth-order valence-electron chi connectivity index (χ4n) is 1.35. The molecule has 0 aromatic heterocycles. The molecule has 0 saturated carbocycles. The summed E-state index contributed by atoms with van der Waals surface area (Å²) in [6.45, 7) is 1.72. The largest absolute Gasteiger partial charge is 0.482 e. The van der Waals surface area contributed by atoms with E-state index in [1.807, 2.05) is 25.1 Å². The van der Waals surface area contributed by atoms with Crippen LogP contribution < -0.4 is 10.5 Å². The summed E-state index contributed by atoms with van der Waals surface area (Å²) in [6.07, 6.45) is 1.70. The van der Waals surface area contributed by atoms with Gasteiger partial charge in [0.1, 0.15) is 5.75 Å². The smallest absolute Gasteiger partial charge is 0.341 e. The second-order valence-corrected chi connectivity index (χ2v) is 3.70. The Labute approximate surface area is 107 Å². The molecule has 0 fully saturated rings. The number of rotatable bonds is 6. The van der Waals surface area contributed by atoms with Crippen LogP contribution in [0, 0.1) is 0 Å². The van der Waals surface area contributed by atoms with Crippen molar-refractivity contribution in [1.29, 1.82) is 0 Å². The van der Waals surface area contributed by atoms with Gasteiger partial charge in [-0.25, -0.2) is 4.79 Å². The van der Waals surface area contributed by atoms with Gasteiger partial charge in [0.05, 0.1) is 0 Å². The lowest BCUT2D eigenvalue weighted by atomic mass is 10.0. The summed E-state index contributed by atoms with van der Waals surface area (Å²) in [5.74, 6) is -0.404. The monoisotopic (exact) mass is 259 g/mol. The van der Waals surface area contributed by atoms with E-state index in [0.717, 1.165) is 18.4 Å². The number of halogens is 1. The van der Waals surface area contributed by atoms with E-state index < -0.39 is 5.97 Å². The van der Waals surface area contributed by atoms with E-state index in [1.165, 1.54) is 0 Å².